The molecule has 9 nitrogen and oxygen atoms in total. The van der Waals surface area contributed by atoms with Crippen LogP contribution in [0.15, 0.2) is 60.8 Å². The van der Waals surface area contributed by atoms with Crippen molar-refractivity contribution in [2.45, 2.75) is 19.3 Å². The number of nitrogens with one attached hydrogen (secondary N) is 1. The fourth-order valence-electron chi connectivity index (χ4n) is 4.47. The second kappa shape index (κ2) is 10.7. The Balaban J connectivity index is 1.83. The molecule has 2 aromatic carbocycles. The van der Waals surface area contributed by atoms with Crippen molar-refractivity contribution in [3.8, 4) is 17.2 Å². The fourth-order valence-corrected chi connectivity index (χ4v) is 4.47. The molecular weight excluding hydrogens is 481 g/mol. The van der Waals surface area contributed by atoms with Gasteiger partial charge >= 0.3 is 6.03 Å². The average molecular weight is 508 g/mol. The lowest BCUT2D eigenvalue weighted by Gasteiger charge is -2.39. The van der Waals surface area contributed by atoms with Gasteiger partial charge in [0.2, 0.25) is 11.7 Å². The van der Waals surface area contributed by atoms with Crippen LogP contribution in [0.4, 0.5) is 14.9 Å². The van der Waals surface area contributed by atoms with Crippen molar-refractivity contribution in [1.82, 2.24) is 10.3 Å². The molecule has 0 bridgehead atoms. The number of halogens is 1. The Labute approximate surface area is 213 Å². The monoisotopic (exact) mass is 507 g/mol. The van der Waals surface area contributed by atoms with Crippen molar-refractivity contribution in [3.63, 3.8) is 0 Å². The van der Waals surface area contributed by atoms with Gasteiger partial charge in [-0.15, -0.1) is 0 Å². The molecule has 0 radical (unpaired) electrons. The number of hydrogen-bond donors (Lipinski definition) is 1. The number of aryl methyl sites for hydroxylation is 1. The first-order valence-electron chi connectivity index (χ1n) is 11.5. The van der Waals surface area contributed by atoms with Crippen LogP contribution in [0.5, 0.6) is 17.2 Å². The molecule has 1 aliphatic rings. The zero-order valence-corrected chi connectivity index (χ0v) is 20.6. The van der Waals surface area contributed by atoms with Crippen LogP contribution >= 0.6 is 0 Å². The molecule has 10 heteroatoms. The molecule has 0 unspecified atom stereocenters. The van der Waals surface area contributed by atoms with Crippen molar-refractivity contribution in [2.75, 3.05) is 26.2 Å². The van der Waals surface area contributed by atoms with E-state index in [1.807, 2.05) is 0 Å². The van der Waals surface area contributed by atoms with Gasteiger partial charge in [-0.25, -0.2) is 14.1 Å². The third kappa shape index (κ3) is 4.82. The van der Waals surface area contributed by atoms with Gasteiger partial charge in [-0.05, 0) is 61.2 Å². The summed E-state index contributed by atoms with van der Waals surface area (Å²) in [6.45, 7) is 0. The molecule has 1 aliphatic heterocycles. The summed E-state index contributed by atoms with van der Waals surface area (Å²) >= 11 is 0. The smallest absolute Gasteiger partial charge is 0.335 e. The maximum absolute atomic E-state index is 14.7. The van der Waals surface area contributed by atoms with E-state index in [-0.39, 0.29) is 24.9 Å². The van der Waals surface area contributed by atoms with Crippen LogP contribution in [-0.4, -0.2) is 44.2 Å². The first kappa shape index (κ1) is 25.6. The van der Waals surface area contributed by atoms with E-state index in [1.54, 1.807) is 36.5 Å². The summed E-state index contributed by atoms with van der Waals surface area (Å²) in [4.78, 5) is 45.3. The van der Waals surface area contributed by atoms with Gasteiger partial charge in [-0.3, -0.25) is 19.9 Å². The summed E-state index contributed by atoms with van der Waals surface area (Å²) in [6.07, 6.45) is 1.74. The lowest BCUT2D eigenvalue weighted by atomic mass is 9.74. The van der Waals surface area contributed by atoms with E-state index in [0.29, 0.717) is 33.4 Å². The number of imide groups is 2. The number of pyridine rings is 1. The molecule has 4 amide bonds. The standard InChI is InChI=1S/C27H26FN3O6/c1-35-21-14-17(15-22(36-2)23(21)37-3)16-27(12-11-18-8-6-7-13-29-18)24(32)30-26(34)31(25(27)33)20-10-5-4-9-19(20)28/h4-10,13-15H,11-12,16H2,1-3H3,(H,30,32,34)/t27-/m0/s1. The Morgan fingerprint density at radius 3 is 2.22 bits per heavy atom. The van der Waals surface area contributed by atoms with Gasteiger partial charge in [0.1, 0.15) is 11.2 Å². The topological polar surface area (TPSA) is 107 Å². The molecule has 37 heavy (non-hydrogen) atoms. The minimum absolute atomic E-state index is 0.00354. The van der Waals surface area contributed by atoms with Crippen molar-refractivity contribution in [1.29, 1.82) is 0 Å². The zero-order chi connectivity index (χ0) is 26.6. The van der Waals surface area contributed by atoms with E-state index in [9.17, 15) is 18.8 Å². The molecule has 0 spiro atoms. The minimum Gasteiger partial charge on any atom is -0.493 e. The molecule has 192 valence electrons. The fraction of sp³-hybridized carbons (Fsp3) is 0.259. The van der Waals surface area contributed by atoms with Gasteiger partial charge in [0.15, 0.2) is 11.5 Å². The van der Waals surface area contributed by atoms with Crippen LogP contribution in [-0.2, 0) is 22.4 Å². The Hall–Kier alpha value is -4.47. The summed E-state index contributed by atoms with van der Waals surface area (Å²) in [5, 5.41) is 2.27. The molecule has 4 rings (SSSR count). The predicted octanol–water partition coefficient (Wildman–Crippen LogP) is 3.69. The molecule has 3 aromatic rings. The highest BCUT2D eigenvalue weighted by Crippen LogP contribution is 2.42. The highest BCUT2D eigenvalue weighted by Gasteiger charge is 2.54. The van der Waals surface area contributed by atoms with Crippen LogP contribution in [0, 0.1) is 11.2 Å². The number of ether oxygens (including phenoxy) is 3. The number of barbiturate groups is 1. The number of amides is 4. The maximum Gasteiger partial charge on any atom is 0.335 e. The van der Waals surface area contributed by atoms with Crippen LogP contribution in [0.25, 0.3) is 0 Å². The summed E-state index contributed by atoms with van der Waals surface area (Å²) in [6, 6.07) is 13.0. The van der Waals surface area contributed by atoms with Crippen molar-refractivity contribution in [2.24, 2.45) is 5.41 Å². The molecule has 1 saturated heterocycles. The van der Waals surface area contributed by atoms with Gasteiger partial charge in [-0.2, -0.15) is 0 Å². The van der Waals surface area contributed by atoms with Crippen LogP contribution in [0.1, 0.15) is 17.7 Å². The first-order valence-corrected chi connectivity index (χ1v) is 11.5. The number of carbonyl (C=O) groups excluding carboxylic acids is 3. The van der Waals surface area contributed by atoms with Crippen molar-refractivity contribution >= 4 is 23.5 Å². The predicted molar refractivity (Wildman–Crippen MR) is 132 cm³/mol. The van der Waals surface area contributed by atoms with E-state index in [0.717, 1.165) is 6.07 Å². The lowest BCUT2D eigenvalue weighted by molar-refractivity contribution is -0.143. The number of urea groups is 1. The van der Waals surface area contributed by atoms with Crippen molar-refractivity contribution in [3.05, 3.63) is 77.9 Å². The Morgan fingerprint density at radius 1 is 0.946 bits per heavy atom. The number of carbonyl (C=O) groups is 3. The number of hydrogen-bond acceptors (Lipinski definition) is 7. The molecule has 1 N–H and O–H groups in total. The van der Waals surface area contributed by atoms with Crippen LogP contribution in [0.2, 0.25) is 0 Å². The van der Waals surface area contributed by atoms with Crippen molar-refractivity contribution < 1.29 is 33.0 Å². The first-order chi connectivity index (χ1) is 17.8. The number of para-hydroxylation sites is 1. The third-order valence-electron chi connectivity index (χ3n) is 6.33. The largest absolute Gasteiger partial charge is 0.493 e. The van der Waals surface area contributed by atoms with E-state index in [2.05, 4.69) is 10.3 Å². The van der Waals surface area contributed by atoms with E-state index < -0.39 is 29.1 Å². The molecule has 1 aromatic heterocycles. The number of anilines is 1. The number of nitrogens with zero attached hydrogens (tertiary/aromatic N) is 2. The van der Waals surface area contributed by atoms with Gasteiger partial charge in [0, 0.05) is 11.9 Å². The Kier molecular flexibility index (Phi) is 7.37. The Morgan fingerprint density at radius 2 is 1.62 bits per heavy atom. The number of methoxy groups -OCH3 is 3. The van der Waals surface area contributed by atoms with Crippen LogP contribution < -0.4 is 24.4 Å². The molecule has 0 aliphatic carbocycles. The maximum atomic E-state index is 14.7. The van der Waals surface area contributed by atoms with E-state index in [1.165, 1.54) is 39.5 Å². The van der Waals surface area contributed by atoms with Gasteiger partial charge < -0.3 is 14.2 Å². The quantitative estimate of drug-likeness (QED) is 0.440. The number of aromatic nitrogens is 1. The summed E-state index contributed by atoms with van der Waals surface area (Å²) in [7, 11) is 4.37. The third-order valence-corrected chi connectivity index (χ3v) is 6.33. The SMILES string of the molecule is COc1cc(C[C@@]2(CCc3ccccn3)C(=O)NC(=O)N(c3ccccc3F)C2=O)cc(OC)c1OC. The van der Waals surface area contributed by atoms with Gasteiger partial charge in [-0.1, -0.05) is 18.2 Å². The highest BCUT2D eigenvalue weighted by molar-refractivity contribution is 6.30. The number of rotatable bonds is 9. The second-order valence-electron chi connectivity index (χ2n) is 8.46. The average Bonchev–Trinajstić information content (AvgIpc) is 2.91. The van der Waals surface area contributed by atoms with E-state index in [4.69, 9.17) is 14.2 Å². The summed E-state index contributed by atoms with van der Waals surface area (Å²) in [5.41, 5.74) is -0.841. The molecule has 0 saturated carbocycles. The molecule has 2 heterocycles. The minimum atomic E-state index is -1.77. The van der Waals surface area contributed by atoms with Gasteiger partial charge in [0.25, 0.3) is 5.91 Å². The molecular formula is C27H26FN3O6. The number of benzene rings is 2. The van der Waals surface area contributed by atoms with E-state index >= 15 is 0 Å². The van der Waals surface area contributed by atoms with Gasteiger partial charge in [0.05, 0.1) is 27.0 Å². The van der Waals surface area contributed by atoms with Crippen LogP contribution in [0.3, 0.4) is 0 Å². The Bertz CT molecular complexity index is 1310. The lowest BCUT2D eigenvalue weighted by Crippen LogP contribution is -2.65. The summed E-state index contributed by atoms with van der Waals surface area (Å²) in [5.74, 6) is -1.37. The second-order valence-corrected chi connectivity index (χ2v) is 8.46. The zero-order valence-electron chi connectivity index (χ0n) is 20.6. The molecule has 1 fully saturated rings. The normalized spacial score (nSPS) is 17.4. The molecule has 1 atom stereocenters. The summed E-state index contributed by atoms with van der Waals surface area (Å²) < 4.78 is 31.0. The highest BCUT2D eigenvalue weighted by atomic mass is 19.1.